The average molecular weight is 238 g/mol. The zero-order chi connectivity index (χ0) is 12.3. The normalized spacial score (nSPS) is 37.3. The molecule has 0 N–H and O–H groups in total. The van der Waals surface area contributed by atoms with Crippen LogP contribution in [0.4, 0.5) is 0 Å². The Morgan fingerprint density at radius 1 is 1.39 bits per heavy atom. The van der Waals surface area contributed by atoms with Crippen molar-refractivity contribution >= 4 is 5.71 Å². The summed E-state index contributed by atoms with van der Waals surface area (Å²) in [6, 6.07) is 0.628. The van der Waals surface area contributed by atoms with Crippen LogP contribution in [0.1, 0.15) is 13.3 Å². The highest BCUT2D eigenvalue weighted by Gasteiger charge is 2.43. The monoisotopic (exact) mass is 238 g/mol. The second-order valence-corrected chi connectivity index (χ2v) is 5.94. The highest BCUT2D eigenvalue weighted by molar-refractivity contribution is 6.04. The maximum atomic E-state index is 4.59. The molecule has 1 unspecified atom stereocenters. The molecule has 92 valence electrons. The summed E-state index contributed by atoms with van der Waals surface area (Å²) in [6.07, 6.45) is 12.4. The summed E-state index contributed by atoms with van der Waals surface area (Å²) in [5, 5.41) is 0. The molecule has 2 aliphatic heterocycles. The Hall–Kier alpha value is -1.41. The van der Waals surface area contributed by atoms with Gasteiger partial charge in [0.25, 0.3) is 0 Å². The van der Waals surface area contributed by atoms with Crippen molar-refractivity contribution in [3.63, 3.8) is 0 Å². The number of nitrogens with zero attached hydrogens (tertiary/aromatic N) is 2. The standard InChI is InChI=1S/C16H18N2/c1-10-6-13-12-4-3-5-14-16(12)11(8-17-14)7-15(13)18(2)9-10/h3-6,8,13,15-16H,7,9H2,1-2H3/t13-,15-,16?/m1/s1. The lowest BCUT2D eigenvalue weighted by Gasteiger charge is -2.45. The van der Waals surface area contributed by atoms with Gasteiger partial charge in [-0.25, -0.2) is 0 Å². The Bertz CT molecular complexity index is 560. The fourth-order valence-electron chi connectivity index (χ4n) is 3.95. The molecule has 0 aromatic rings. The molecule has 0 aromatic heterocycles. The molecule has 0 amide bonds. The van der Waals surface area contributed by atoms with E-state index in [1.807, 2.05) is 0 Å². The van der Waals surface area contributed by atoms with E-state index in [0.29, 0.717) is 17.9 Å². The third kappa shape index (κ3) is 1.30. The third-order valence-corrected chi connectivity index (χ3v) is 4.71. The number of hydrogen-bond donors (Lipinski definition) is 0. The van der Waals surface area contributed by atoms with Crippen molar-refractivity contribution < 1.29 is 0 Å². The molecule has 18 heavy (non-hydrogen) atoms. The minimum atomic E-state index is 0.492. The molecule has 4 aliphatic rings. The van der Waals surface area contributed by atoms with Crippen LogP contribution in [0.15, 0.2) is 52.2 Å². The number of likely N-dealkylation sites (N-methyl/N-ethyl adjacent to an activating group) is 1. The van der Waals surface area contributed by atoms with Gasteiger partial charge in [-0.05, 0) is 37.6 Å². The van der Waals surface area contributed by atoms with Gasteiger partial charge in [0.15, 0.2) is 0 Å². The summed E-state index contributed by atoms with van der Waals surface area (Å²) in [5.41, 5.74) is 5.82. The van der Waals surface area contributed by atoms with Gasteiger partial charge in [-0.3, -0.25) is 9.89 Å². The van der Waals surface area contributed by atoms with Crippen molar-refractivity contribution in [2.45, 2.75) is 19.4 Å². The molecule has 2 nitrogen and oxygen atoms in total. The van der Waals surface area contributed by atoms with Gasteiger partial charge in [-0.1, -0.05) is 23.8 Å². The van der Waals surface area contributed by atoms with Crippen LogP contribution in [0, 0.1) is 11.8 Å². The van der Waals surface area contributed by atoms with Gasteiger partial charge in [0.1, 0.15) is 0 Å². The van der Waals surface area contributed by atoms with Crippen molar-refractivity contribution in [2.24, 2.45) is 16.8 Å². The van der Waals surface area contributed by atoms with Gasteiger partial charge in [0, 0.05) is 30.6 Å². The zero-order valence-corrected chi connectivity index (χ0v) is 10.9. The minimum Gasteiger partial charge on any atom is -0.298 e. The fraction of sp³-hybridized carbons (Fsp3) is 0.438. The molecule has 0 saturated heterocycles. The maximum Gasteiger partial charge on any atom is 0.0516 e. The Labute approximate surface area is 108 Å². The maximum absolute atomic E-state index is 4.59. The molecule has 4 rings (SSSR count). The van der Waals surface area contributed by atoms with Crippen molar-refractivity contribution in [2.75, 3.05) is 13.6 Å². The van der Waals surface area contributed by atoms with E-state index < -0.39 is 0 Å². The molecule has 0 radical (unpaired) electrons. The van der Waals surface area contributed by atoms with E-state index in [2.05, 4.69) is 54.4 Å². The second kappa shape index (κ2) is 3.55. The molecular formula is C16H18N2. The van der Waals surface area contributed by atoms with Crippen LogP contribution in [-0.4, -0.2) is 30.2 Å². The van der Waals surface area contributed by atoms with Crippen LogP contribution in [0.5, 0.6) is 0 Å². The van der Waals surface area contributed by atoms with E-state index in [1.165, 1.54) is 23.3 Å². The first-order valence-corrected chi connectivity index (χ1v) is 6.76. The fourth-order valence-corrected chi connectivity index (χ4v) is 3.95. The Balaban J connectivity index is 1.84. The first kappa shape index (κ1) is 10.5. The van der Waals surface area contributed by atoms with Crippen LogP contribution in [0.25, 0.3) is 0 Å². The quantitative estimate of drug-likeness (QED) is 0.592. The molecule has 0 aromatic carbocycles. The molecule has 0 bridgehead atoms. The Kier molecular flexibility index (Phi) is 2.07. The SMILES string of the molecule is CC1=C[C@@H]2C3=CC=CC4=NC=C(C[C@H]2N(C)C1)C34. The predicted molar refractivity (Wildman–Crippen MR) is 74.5 cm³/mol. The van der Waals surface area contributed by atoms with E-state index in [9.17, 15) is 0 Å². The van der Waals surface area contributed by atoms with Crippen LogP contribution in [0.2, 0.25) is 0 Å². The van der Waals surface area contributed by atoms with Crippen LogP contribution >= 0.6 is 0 Å². The summed E-state index contributed by atoms with van der Waals surface area (Å²) >= 11 is 0. The topological polar surface area (TPSA) is 15.6 Å². The molecule has 2 heteroatoms. The van der Waals surface area contributed by atoms with E-state index >= 15 is 0 Å². The highest BCUT2D eigenvalue weighted by Crippen LogP contribution is 2.46. The van der Waals surface area contributed by atoms with E-state index in [-0.39, 0.29) is 0 Å². The minimum absolute atomic E-state index is 0.492. The molecule has 3 atom stereocenters. The molecule has 1 fully saturated rings. The smallest absolute Gasteiger partial charge is 0.0516 e. The van der Waals surface area contributed by atoms with Crippen molar-refractivity contribution in [1.82, 2.24) is 4.90 Å². The van der Waals surface area contributed by atoms with E-state index in [1.54, 1.807) is 5.57 Å². The van der Waals surface area contributed by atoms with Gasteiger partial charge in [-0.2, -0.15) is 0 Å². The lowest BCUT2D eigenvalue weighted by atomic mass is 9.67. The molecule has 1 saturated carbocycles. The largest absolute Gasteiger partial charge is 0.298 e. The Morgan fingerprint density at radius 2 is 2.28 bits per heavy atom. The molecule has 2 aliphatic carbocycles. The Morgan fingerprint density at radius 3 is 3.17 bits per heavy atom. The van der Waals surface area contributed by atoms with Crippen molar-refractivity contribution in [3.05, 3.63) is 47.2 Å². The van der Waals surface area contributed by atoms with Crippen LogP contribution in [0.3, 0.4) is 0 Å². The number of allylic oxidation sites excluding steroid dienone is 3. The number of aliphatic imine (C=N–C) groups is 1. The summed E-state index contributed by atoms with van der Waals surface area (Å²) in [6.45, 7) is 3.36. The molecular weight excluding hydrogens is 220 g/mol. The zero-order valence-electron chi connectivity index (χ0n) is 10.9. The first-order valence-electron chi connectivity index (χ1n) is 6.76. The van der Waals surface area contributed by atoms with Gasteiger partial charge < -0.3 is 0 Å². The summed E-state index contributed by atoms with van der Waals surface area (Å²) in [4.78, 5) is 7.10. The van der Waals surface area contributed by atoms with E-state index in [0.717, 1.165) is 6.54 Å². The number of rotatable bonds is 0. The summed E-state index contributed by atoms with van der Waals surface area (Å²) in [7, 11) is 2.25. The number of hydrogen-bond acceptors (Lipinski definition) is 2. The molecule has 0 spiro atoms. The predicted octanol–water partition coefficient (Wildman–Crippen LogP) is 2.72. The van der Waals surface area contributed by atoms with Crippen molar-refractivity contribution in [3.8, 4) is 0 Å². The van der Waals surface area contributed by atoms with Gasteiger partial charge in [0.05, 0.1) is 5.71 Å². The summed E-state index contributed by atoms with van der Waals surface area (Å²) < 4.78 is 0. The number of fused-ring (bicyclic) bond motifs is 2. The second-order valence-electron chi connectivity index (χ2n) is 5.94. The van der Waals surface area contributed by atoms with Crippen LogP contribution < -0.4 is 0 Å². The average Bonchev–Trinajstić information content (AvgIpc) is 2.76. The lowest BCUT2D eigenvalue weighted by Crippen LogP contribution is -2.47. The molecule has 2 heterocycles. The highest BCUT2D eigenvalue weighted by atomic mass is 15.1. The van der Waals surface area contributed by atoms with Gasteiger partial charge in [0.2, 0.25) is 0 Å². The van der Waals surface area contributed by atoms with E-state index in [4.69, 9.17) is 0 Å². The summed E-state index contributed by atoms with van der Waals surface area (Å²) in [5.74, 6) is 1.07. The van der Waals surface area contributed by atoms with Gasteiger partial charge in [-0.15, -0.1) is 0 Å². The van der Waals surface area contributed by atoms with Crippen molar-refractivity contribution in [1.29, 1.82) is 0 Å². The lowest BCUT2D eigenvalue weighted by molar-refractivity contribution is 0.194. The first-order chi connectivity index (χ1) is 8.74. The van der Waals surface area contributed by atoms with Gasteiger partial charge >= 0.3 is 0 Å². The third-order valence-electron chi connectivity index (χ3n) is 4.71. The van der Waals surface area contributed by atoms with Crippen LogP contribution in [-0.2, 0) is 0 Å².